The topological polar surface area (TPSA) is 47.3 Å². The molecular weight excluding hydrogens is 212 g/mol. The Hall–Kier alpha value is -1.22. The van der Waals surface area contributed by atoms with Crippen LogP contribution >= 0.6 is 0 Å². The van der Waals surface area contributed by atoms with E-state index in [2.05, 4.69) is 38.2 Å². The number of nitrogens with one attached hydrogen (secondary N) is 1. The van der Waals surface area contributed by atoms with Crippen LogP contribution in [-0.2, 0) is 6.42 Å². The average Bonchev–Trinajstić information content (AvgIpc) is 2.70. The van der Waals surface area contributed by atoms with E-state index in [1.54, 1.807) is 0 Å². The summed E-state index contributed by atoms with van der Waals surface area (Å²) in [4.78, 5) is 0. The molecule has 0 aliphatic carbocycles. The molecule has 94 valence electrons. The fraction of sp³-hybridized carbons (Fsp3) is 0.571. The highest BCUT2D eigenvalue weighted by Crippen LogP contribution is 2.31. The van der Waals surface area contributed by atoms with Crippen LogP contribution < -0.4 is 15.8 Å². The van der Waals surface area contributed by atoms with Crippen LogP contribution in [-0.4, -0.2) is 18.7 Å². The molecular formula is C14H22N2O. The fourth-order valence-electron chi connectivity index (χ4n) is 1.97. The Morgan fingerprint density at radius 2 is 2.18 bits per heavy atom. The zero-order chi connectivity index (χ0) is 12.4. The van der Waals surface area contributed by atoms with Gasteiger partial charge in [-0.3, -0.25) is 0 Å². The van der Waals surface area contributed by atoms with Crippen molar-refractivity contribution in [2.24, 2.45) is 11.7 Å². The summed E-state index contributed by atoms with van der Waals surface area (Å²) in [5.41, 5.74) is 8.07. The molecule has 3 heteroatoms. The van der Waals surface area contributed by atoms with Crippen molar-refractivity contribution in [3.05, 3.63) is 23.8 Å². The molecule has 2 rings (SSSR count). The largest absolute Gasteiger partial charge is 0.488 e. The van der Waals surface area contributed by atoms with Crippen LogP contribution in [0.15, 0.2) is 18.2 Å². The third-order valence-electron chi connectivity index (χ3n) is 3.46. The Morgan fingerprint density at radius 1 is 1.41 bits per heavy atom. The summed E-state index contributed by atoms with van der Waals surface area (Å²) in [5, 5.41) is 3.52. The van der Waals surface area contributed by atoms with Gasteiger partial charge in [-0.25, -0.2) is 0 Å². The van der Waals surface area contributed by atoms with Gasteiger partial charge in [0.2, 0.25) is 0 Å². The molecule has 1 aliphatic heterocycles. The molecule has 0 fully saturated rings. The number of fused-ring (bicyclic) bond motifs is 1. The first-order chi connectivity index (χ1) is 8.10. The maximum absolute atomic E-state index is 5.71. The Morgan fingerprint density at radius 3 is 2.82 bits per heavy atom. The van der Waals surface area contributed by atoms with E-state index in [-0.39, 0.29) is 6.10 Å². The highest BCUT2D eigenvalue weighted by Gasteiger charge is 2.21. The maximum Gasteiger partial charge on any atom is 0.123 e. The number of hydrogen-bond donors (Lipinski definition) is 2. The van der Waals surface area contributed by atoms with Gasteiger partial charge in [-0.15, -0.1) is 0 Å². The lowest BCUT2D eigenvalue weighted by molar-refractivity contribution is 0.241. The second-order valence-corrected chi connectivity index (χ2v) is 5.18. The van der Waals surface area contributed by atoms with Crippen LogP contribution in [0.4, 0.5) is 5.69 Å². The molecule has 0 saturated carbocycles. The molecule has 2 unspecified atom stereocenters. The fourth-order valence-corrected chi connectivity index (χ4v) is 1.97. The molecule has 1 aromatic carbocycles. The highest BCUT2D eigenvalue weighted by atomic mass is 16.5. The van der Waals surface area contributed by atoms with Crippen molar-refractivity contribution < 1.29 is 4.74 Å². The number of ether oxygens (including phenoxy) is 1. The van der Waals surface area contributed by atoms with Crippen molar-refractivity contribution in [2.45, 2.75) is 39.3 Å². The van der Waals surface area contributed by atoms with Crippen LogP contribution in [0.3, 0.4) is 0 Å². The number of anilines is 1. The van der Waals surface area contributed by atoms with Gasteiger partial charge < -0.3 is 15.8 Å². The van der Waals surface area contributed by atoms with Crippen molar-refractivity contribution in [1.82, 2.24) is 0 Å². The van der Waals surface area contributed by atoms with Gasteiger partial charge in [0.05, 0.1) is 0 Å². The summed E-state index contributed by atoms with van der Waals surface area (Å²) in [6.45, 7) is 7.23. The molecule has 0 saturated heterocycles. The Bertz CT molecular complexity index is 390. The third-order valence-corrected chi connectivity index (χ3v) is 3.46. The van der Waals surface area contributed by atoms with E-state index in [0.717, 1.165) is 12.2 Å². The standard InChI is InChI=1S/C14H22N2O/c1-9(2)10(3)16-12-4-5-14-11(6-12)7-13(8-15)17-14/h4-6,9-10,13,16H,7-8,15H2,1-3H3. The minimum absolute atomic E-state index is 0.155. The quantitative estimate of drug-likeness (QED) is 0.841. The van der Waals surface area contributed by atoms with Crippen LogP contribution in [0.2, 0.25) is 0 Å². The minimum Gasteiger partial charge on any atom is -0.488 e. The first-order valence-corrected chi connectivity index (χ1v) is 6.36. The lowest BCUT2D eigenvalue weighted by atomic mass is 10.0. The van der Waals surface area contributed by atoms with E-state index in [4.69, 9.17) is 10.5 Å². The summed E-state index contributed by atoms with van der Waals surface area (Å²) in [6.07, 6.45) is 1.08. The van der Waals surface area contributed by atoms with Gasteiger partial charge in [0.15, 0.2) is 0 Å². The van der Waals surface area contributed by atoms with E-state index in [9.17, 15) is 0 Å². The van der Waals surface area contributed by atoms with Crippen molar-refractivity contribution in [1.29, 1.82) is 0 Å². The molecule has 0 radical (unpaired) electrons. The molecule has 2 atom stereocenters. The van der Waals surface area contributed by atoms with Gasteiger partial charge in [0, 0.05) is 24.7 Å². The van der Waals surface area contributed by atoms with Crippen molar-refractivity contribution in [2.75, 3.05) is 11.9 Å². The second-order valence-electron chi connectivity index (χ2n) is 5.18. The van der Waals surface area contributed by atoms with Crippen LogP contribution in [0, 0.1) is 5.92 Å². The van der Waals surface area contributed by atoms with Crippen LogP contribution in [0.25, 0.3) is 0 Å². The first-order valence-electron chi connectivity index (χ1n) is 6.36. The van der Waals surface area contributed by atoms with E-state index in [1.807, 2.05) is 6.07 Å². The van der Waals surface area contributed by atoms with Crippen LogP contribution in [0.5, 0.6) is 5.75 Å². The molecule has 17 heavy (non-hydrogen) atoms. The van der Waals surface area contributed by atoms with Gasteiger partial charge in [0.1, 0.15) is 11.9 Å². The molecule has 3 nitrogen and oxygen atoms in total. The second kappa shape index (κ2) is 4.96. The third kappa shape index (κ3) is 2.72. The van der Waals surface area contributed by atoms with E-state index >= 15 is 0 Å². The number of nitrogens with two attached hydrogens (primary N) is 1. The summed E-state index contributed by atoms with van der Waals surface area (Å²) in [7, 11) is 0. The van der Waals surface area contributed by atoms with Gasteiger partial charge in [-0.2, -0.15) is 0 Å². The molecule has 0 bridgehead atoms. The number of hydrogen-bond acceptors (Lipinski definition) is 3. The predicted molar refractivity (Wildman–Crippen MR) is 71.5 cm³/mol. The molecule has 1 aromatic rings. The van der Waals surface area contributed by atoms with Crippen molar-refractivity contribution >= 4 is 5.69 Å². The lowest BCUT2D eigenvalue weighted by Crippen LogP contribution is -2.24. The monoisotopic (exact) mass is 234 g/mol. The normalized spacial score (nSPS) is 19.9. The summed E-state index contributed by atoms with van der Waals surface area (Å²) >= 11 is 0. The zero-order valence-corrected chi connectivity index (χ0v) is 10.9. The number of rotatable bonds is 4. The Labute approximate surface area is 103 Å². The molecule has 1 aliphatic rings. The van der Waals surface area contributed by atoms with Crippen molar-refractivity contribution in [3.8, 4) is 5.75 Å². The highest BCUT2D eigenvalue weighted by molar-refractivity contribution is 5.53. The number of benzene rings is 1. The summed E-state index contributed by atoms with van der Waals surface area (Å²) in [5.74, 6) is 1.61. The van der Waals surface area contributed by atoms with Crippen molar-refractivity contribution in [3.63, 3.8) is 0 Å². The summed E-state index contributed by atoms with van der Waals surface area (Å²) < 4.78 is 5.71. The Balaban J connectivity index is 2.08. The minimum atomic E-state index is 0.155. The predicted octanol–water partition coefficient (Wildman–Crippen LogP) is 2.41. The smallest absolute Gasteiger partial charge is 0.123 e. The van der Waals surface area contributed by atoms with E-state index in [0.29, 0.717) is 18.5 Å². The average molecular weight is 234 g/mol. The Kier molecular flexibility index (Phi) is 3.57. The first kappa shape index (κ1) is 12.2. The van der Waals surface area contributed by atoms with E-state index in [1.165, 1.54) is 11.3 Å². The van der Waals surface area contributed by atoms with Gasteiger partial charge in [-0.1, -0.05) is 13.8 Å². The van der Waals surface area contributed by atoms with Gasteiger partial charge in [0.25, 0.3) is 0 Å². The molecule has 0 amide bonds. The lowest BCUT2D eigenvalue weighted by Gasteiger charge is -2.19. The molecule has 1 heterocycles. The van der Waals surface area contributed by atoms with Gasteiger partial charge >= 0.3 is 0 Å². The molecule has 0 spiro atoms. The molecule has 3 N–H and O–H groups in total. The zero-order valence-electron chi connectivity index (χ0n) is 10.9. The molecule has 0 aromatic heterocycles. The van der Waals surface area contributed by atoms with E-state index < -0.39 is 0 Å². The van der Waals surface area contributed by atoms with Crippen LogP contribution in [0.1, 0.15) is 26.3 Å². The maximum atomic E-state index is 5.71. The summed E-state index contributed by atoms with van der Waals surface area (Å²) in [6, 6.07) is 6.78. The van der Waals surface area contributed by atoms with Gasteiger partial charge in [-0.05, 0) is 36.6 Å². The SMILES string of the molecule is CC(C)C(C)Nc1ccc2c(c1)CC(CN)O2.